The van der Waals surface area contributed by atoms with E-state index in [9.17, 15) is 27.6 Å². The van der Waals surface area contributed by atoms with E-state index in [1.54, 1.807) is 19.2 Å². The molecule has 3 atom stereocenters. The smallest absolute Gasteiger partial charge is 0.345 e. The van der Waals surface area contributed by atoms with Gasteiger partial charge in [0.25, 0.3) is 5.91 Å². The molecule has 1 aromatic heterocycles. The number of benzodiazepines with no additional fused rings is 1. The molecule has 0 radical (unpaired) electrons. The van der Waals surface area contributed by atoms with Crippen LogP contribution >= 0.6 is 11.3 Å². The molecule has 0 saturated heterocycles. The number of alkyl halides is 3. The Bertz CT molecular complexity index is 1070. The highest BCUT2D eigenvalue weighted by Crippen LogP contribution is 2.29. The summed E-state index contributed by atoms with van der Waals surface area (Å²) in [4.78, 5) is 44.4. The van der Waals surface area contributed by atoms with Gasteiger partial charge in [-0.15, -0.1) is 11.3 Å². The summed E-state index contributed by atoms with van der Waals surface area (Å²) in [7, 11) is 1.57. The predicted octanol–water partition coefficient (Wildman–Crippen LogP) is 3.10. The Morgan fingerprint density at radius 2 is 1.88 bits per heavy atom. The van der Waals surface area contributed by atoms with E-state index in [1.165, 1.54) is 23.2 Å². The van der Waals surface area contributed by atoms with Crippen LogP contribution in [-0.2, 0) is 14.4 Å². The monoisotopic (exact) mass is 480 g/mol. The summed E-state index contributed by atoms with van der Waals surface area (Å²) >= 11 is 1.43. The second-order valence-corrected chi connectivity index (χ2v) is 8.66. The van der Waals surface area contributed by atoms with Crippen LogP contribution in [-0.4, -0.2) is 48.9 Å². The van der Waals surface area contributed by atoms with Crippen molar-refractivity contribution in [1.29, 1.82) is 0 Å². The van der Waals surface area contributed by atoms with Gasteiger partial charge in [0.05, 0.1) is 22.2 Å². The molecule has 1 aliphatic rings. The van der Waals surface area contributed by atoms with Crippen LogP contribution in [0, 0.1) is 5.92 Å². The Balaban J connectivity index is 1.79. The Kier molecular flexibility index (Phi) is 7.21. The van der Waals surface area contributed by atoms with Crippen molar-refractivity contribution >= 4 is 40.5 Å². The first-order valence-corrected chi connectivity index (χ1v) is 11.0. The molecule has 0 saturated carbocycles. The standard InChI is InChI=1S/C22H23F3N4O3S/c1-12(22(23,24)25)11-17(30)26-13(2)20(31)28-19-21(32)29(3)15-8-5-4-7-14(15)18(27-19)16-9-6-10-33-16/h4-10,12-13,19H,11H2,1-3H3,(H,26,30)(H,28,31)/t12?,13-,19?/m0/s1. The number of carbonyl (C=O) groups is 3. The Labute approximate surface area is 192 Å². The number of thiophene rings is 1. The van der Waals surface area contributed by atoms with Gasteiger partial charge in [-0.3, -0.25) is 14.4 Å². The first kappa shape index (κ1) is 24.4. The van der Waals surface area contributed by atoms with Crippen molar-refractivity contribution in [2.45, 2.75) is 38.7 Å². The molecule has 1 aromatic carbocycles. The highest BCUT2D eigenvalue weighted by molar-refractivity contribution is 7.12. The molecule has 1 aliphatic heterocycles. The number of amides is 3. The molecule has 0 bridgehead atoms. The summed E-state index contributed by atoms with van der Waals surface area (Å²) in [5, 5.41) is 6.62. The van der Waals surface area contributed by atoms with Crippen molar-refractivity contribution in [3.05, 3.63) is 52.2 Å². The fraction of sp³-hybridized carbons (Fsp3) is 0.364. The molecule has 2 heterocycles. The zero-order chi connectivity index (χ0) is 24.3. The van der Waals surface area contributed by atoms with Crippen molar-refractivity contribution in [2.75, 3.05) is 11.9 Å². The summed E-state index contributed by atoms with van der Waals surface area (Å²) in [6.45, 7) is 2.22. The van der Waals surface area contributed by atoms with Crippen molar-refractivity contribution < 1.29 is 27.6 Å². The quantitative estimate of drug-likeness (QED) is 0.666. The number of fused-ring (bicyclic) bond motifs is 1. The maximum absolute atomic E-state index is 13.1. The van der Waals surface area contributed by atoms with Crippen LogP contribution in [0.3, 0.4) is 0 Å². The average molecular weight is 481 g/mol. The largest absolute Gasteiger partial charge is 0.392 e. The second kappa shape index (κ2) is 9.74. The molecule has 7 nitrogen and oxygen atoms in total. The molecule has 33 heavy (non-hydrogen) atoms. The number of nitrogens with one attached hydrogen (secondary N) is 2. The first-order chi connectivity index (χ1) is 15.5. The first-order valence-electron chi connectivity index (χ1n) is 10.1. The minimum Gasteiger partial charge on any atom is -0.345 e. The van der Waals surface area contributed by atoms with Crippen LogP contribution in [0.4, 0.5) is 18.9 Å². The fourth-order valence-electron chi connectivity index (χ4n) is 3.25. The van der Waals surface area contributed by atoms with Crippen molar-refractivity contribution in [3.63, 3.8) is 0 Å². The third-order valence-corrected chi connectivity index (χ3v) is 6.07. The van der Waals surface area contributed by atoms with Crippen molar-refractivity contribution in [3.8, 4) is 0 Å². The Hall–Kier alpha value is -3.21. The number of aliphatic imine (C=N–C) groups is 1. The van der Waals surface area contributed by atoms with Crippen molar-refractivity contribution in [2.24, 2.45) is 10.9 Å². The van der Waals surface area contributed by atoms with Gasteiger partial charge >= 0.3 is 6.18 Å². The van der Waals surface area contributed by atoms with Crippen LogP contribution in [0.15, 0.2) is 46.8 Å². The van der Waals surface area contributed by atoms with E-state index in [2.05, 4.69) is 15.6 Å². The SMILES string of the molecule is CC(CC(=O)N[C@@H](C)C(=O)NC1N=C(c2cccs2)c2ccccc2N(C)C1=O)C(F)(F)F. The van der Waals surface area contributed by atoms with Gasteiger partial charge < -0.3 is 15.5 Å². The molecule has 3 rings (SSSR count). The Morgan fingerprint density at radius 1 is 1.18 bits per heavy atom. The lowest BCUT2D eigenvalue weighted by Gasteiger charge is -2.22. The highest BCUT2D eigenvalue weighted by Gasteiger charge is 2.38. The molecular formula is C22H23F3N4O3S. The van der Waals surface area contributed by atoms with Gasteiger partial charge in [-0.2, -0.15) is 13.2 Å². The molecule has 3 amide bonds. The number of halogens is 3. The number of rotatable bonds is 6. The summed E-state index contributed by atoms with van der Waals surface area (Å²) in [6, 6.07) is 9.72. The van der Waals surface area contributed by atoms with Crippen LogP contribution in [0.25, 0.3) is 0 Å². The summed E-state index contributed by atoms with van der Waals surface area (Å²) in [5.74, 6) is -4.00. The zero-order valence-corrected chi connectivity index (χ0v) is 19.0. The van der Waals surface area contributed by atoms with Gasteiger partial charge in [-0.1, -0.05) is 31.2 Å². The molecule has 2 N–H and O–H groups in total. The molecular weight excluding hydrogens is 457 g/mol. The number of likely N-dealkylation sites (N-methyl/N-ethyl adjacent to an activating group) is 1. The lowest BCUT2D eigenvalue weighted by atomic mass is 10.1. The molecule has 2 aromatic rings. The van der Waals surface area contributed by atoms with Crippen LogP contribution < -0.4 is 15.5 Å². The summed E-state index contributed by atoms with van der Waals surface area (Å²) < 4.78 is 38.0. The van der Waals surface area contributed by atoms with Crippen LogP contribution in [0.5, 0.6) is 0 Å². The van der Waals surface area contributed by atoms with Gasteiger partial charge in [0.1, 0.15) is 6.04 Å². The predicted molar refractivity (Wildman–Crippen MR) is 119 cm³/mol. The summed E-state index contributed by atoms with van der Waals surface area (Å²) in [5.41, 5.74) is 1.86. The summed E-state index contributed by atoms with van der Waals surface area (Å²) in [6.07, 6.45) is -6.59. The van der Waals surface area contributed by atoms with E-state index in [0.29, 0.717) is 11.4 Å². The lowest BCUT2D eigenvalue weighted by molar-refractivity contribution is -0.174. The van der Waals surface area contributed by atoms with E-state index >= 15 is 0 Å². The number of carbonyl (C=O) groups excluding carboxylic acids is 3. The molecule has 0 spiro atoms. The molecule has 0 aliphatic carbocycles. The minimum absolute atomic E-state index is 0.494. The topological polar surface area (TPSA) is 90.9 Å². The lowest BCUT2D eigenvalue weighted by Crippen LogP contribution is -2.52. The number of benzene rings is 1. The zero-order valence-electron chi connectivity index (χ0n) is 18.1. The number of para-hydroxylation sites is 1. The van der Waals surface area contributed by atoms with E-state index in [-0.39, 0.29) is 0 Å². The van der Waals surface area contributed by atoms with E-state index in [1.807, 2.05) is 29.6 Å². The number of anilines is 1. The van der Waals surface area contributed by atoms with E-state index in [4.69, 9.17) is 0 Å². The number of nitrogens with zero attached hydrogens (tertiary/aromatic N) is 2. The van der Waals surface area contributed by atoms with Gasteiger partial charge in [0, 0.05) is 19.0 Å². The maximum atomic E-state index is 13.1. The van der Waals surface area contributed by atoms with Gasteiger partial charge in [0.2, 0.25) is 18.0 Å². The number of hydrogen-bond donors (Lipinski definition) is 2. The highest BCUT2D eigenvalue weighted by atomic mass is 32.1. The molecule has 176 valence electrons. The van der Waals surface area contributed by atoms with Crippen molar-refractivity contribution in [1.82, 2.24) is 10.6 Å². The van der Waals surface area contributed by atoms with Gasteiger partial charge in [-0.05, 0) is 24.4 Å². The van der Waals surface area contributed by atoms with Crippen LogP contribution in [0.1, 0.15) is 30.7 Å². The molecule has 11 heteroatoms. The average Bonchev–Trinajstić information content (AvgIpc) is 3.26. The van der Waals surface area contributed by atoms with E-state index < -0.39 is 48.4 Å². The Morgan fingerprint density at radius 3 is 2.52 bits per heavy atom. The fourth-order valence-corrected chi connectivity index (χ4v) is 3.98. The third-order valence-electron chi connectivity index (χ3n) is 5.20. The maximum Gasteiger partial charge on any atom is 0.392 e. The minimum atomic E-state index is -4.51. The van der Waals surface area contributed by atoms with Gasteiger partial charge in [0.15, 0.2) is 0 Å². The number of hydrogen-bond acceptors (Lipinski definition) is 5. The van der Waals surface area contributed by atoms with Gasteiger partial charge in [-0.25, -0.2) is 4.99 Å². The second-order valence-electron chi connectivity index (χ2n) is 7.72. The third kappa shape index (κ3) is 5.59. The molecule has 2 unspecified atom stereocenters. The molecule has 0 fully saturated rings. The van der Waals surface area contributed by atoms with E-state index in [0.717, 1.165) is 17.4 Å². The van der Waals surface area contributed by atoms with Crippen LogP contribution in [0.2, 0.25) is 0 Å². The normalized spacial score (nSPS) is 18.0.